The Bertz CT molecular complexity index is 968. The molecule has 1 aliphatic carbocycles. The number of ether oxygens (including phenoxy) is 1. The van der Waals surface area contributed by atoms with E-state index in [0.29, 0.717) is 23.5 Å². The van der Waals surface area contributed by atoms with Crippen molar-refractivity contribution in [2.45, 2.75) is 88.5 Å². The summed E-state index contributed by atoms with van der Waals surface area (Å²) in [4.78, 5) is 24.8. The zero-order chi connectivity index (χ0) is 24.2. The van der Waals surface area contributed by atoms with E-state index in [-0.39, 0.29) is 47.7 Å². The van der Waals surface area contributed by atoms with Crippen LogP contribution in [0.15, 0.2) is 23.1 Å². The van der Waals surface area contributed by atoms with Gasteiger partial charge in [-0.05, 0) is 63.0 Å². The molecule has 1 aromatic rings. The van der Waals surface area contributed by atoms with Crippen LogP contribution in [0, 0.1) is 12.8 Å². The van der Waals surface area contributed by atoms with Gasteiger partial charge >= 0.3 is 6.09 Å². The molecular weight excluding hydrogens is 444 g/mol. The van der Waals surface area contributed by atoms with Gasteiger partial charge in [0.2, 0.25) is 5.91 Å². The summed E-state index contributed by atoms with van der Waals surface area (Å²) in [5, 5.41) is 5.78. The van der Waals surface area contributed by atoms with Crippen LogP contribution in [-0.4, -0.2) is 51.0 Å². The number of amides is 2. The summed E-state index contributed by atoms with van der Waals surface area (Å²) in [6.45, 7) is 5.69. The van der Waals surface area contributed by atoms with Gasteiger partial charge in [-0.1, -0.05) is 25.1 Å². The second-order valence-corrected chi connectivity index (χ2v) is 11.3. The smallest absolute Gasteiger partial charge is 0.407 e. The number of rotatable bonds is 8. The number of hydrogen-bond donors (Lipinski definition) is 4. The highest BCUT2D eigenvalue weighted by Crippen LogP contribution is 2.33. The van der Waals surface area contributed by atoms with E-state index in [1.807, 2.05) is 13.8 Å². The Hall–Kier alpha value is -2.17. The maximum absolute atomic E-state index is 12.6. The summed E-state index contributed by atoms with van der Waals surface area (Å²) in [7, 11) is -3.43. The zero-order valence-electron chi connectivity index (χ0n) is 19.8. The number of benzene rings is 1. The fraction of sp³-hybridized carbons (Fsp3) is 0.652. The maximum Gasteiger partial charge on any atom is 0.407 e. The van der Waals surface area contributed by atoms with Crippen molar-refractivity contribution < 1.29 is 22.7 Å². The lowest BCUT2D eigenvalue weighted by Gasteiger charge is -2.19. The standard InChI is InChI=1S/C23H36N4O5S/c1-5-15(3)24-23(29)32-18-10-9-16(11-18)19-13-20(27-26-19)25-21(28)12-17-8-6-7-14(2)22(17)33(4,30)31/h6-8,15-16,18-20,26-27H,5,9-13H2,1-4H3,(H,24,29)(H,25,28)/t15-,16-,18+,19?,20?/m0/s1. The van der Waals surface area contributed by atoms with Crippen LogP contribution in [0.2, 0.25) is 0 Å². The van der Waals surface area contributed by atoms with Crippen molar-refractivity contribution in [2.24, 2.45) is 5.92 Å². The quantitative estimate of drug-likeness (QED) is 0.448. The number of alkyl carbamates (subject to hydrolysis) is 1. The van der Waals surface area contributed by atoms with Gasteiger partial charge < -0.3 is 15.4 Å². The van der Waals surface area contributed by atoms with Crippen molar-refractivity contribution in [3.63, 3.8) is 0 Å². The summed E-state index contributed by atoms with van der Waals surface area (Å²) >= 11 is 0. The molecule has 0 spiro atoms. The van der Waals surface area contributed by atoms with E-state index in [9.17, 15) is 18.0 Å². The number of aryl methyl sites for hydroxylation is 1. The molecule has 9 nitrogen and oxygen atoms in total. The van der Waals surface area contributed by atoms with Crippen LogP contribution in [0.5, 0.6) is 0 Å². The van der Waals surface area contributed by atoms with Crippen LogP contribution in [0.4, 0.5) is 4.79 Å². The third kappa shape index (κ3) is 6.91. The highest BCUT2D eigenvalue weighted by Gasteiger charge is 2.37. The molecule has 184 valence electrons. The molecule has 1 aromatic carbocycles. The first-order valence-electron chi connectivity index (χ1n) is 11.6. The molecule has 1 saturated heterocycles. The largest absolute Gasteiger partial charge is 0.446 e. The average molecular weight is 481 g/mol. The number of hydrogen-bond acceptors (Lipinski definition) is 7. The predicted molar refractivity (Wildman–Crippen MR) is 125 cm³/mol. The minimum Gasteiger partial charge on any atom is -0.446 e. The topological polar surface area (TPSA) is 126 Å². The zero-order valence-corrected chi connectivity index (χ0v) is 20.6. The van der Waals surface area contributed by atoms with E-state index in [0.717, 1.165) is 31.9 Å². The fourth-order valence-corrected chi connectivity index (χ4v) is 5.99. The van der Waals surface area contributed by atoms with Crippen molar-refractivity contribution >= 4 is 21.8 Å². The van der Waals surface area contributed by atoms with E-state index in [1.165, 1.54) is 0 Å². The lowest BCUT2D eigenvalue weighted by molar-refractivity contribution is -0.121. The summed E-state index contributed by atoms with van der Waals surface area (Å²) < 4.78 is 29.9. The first-order chi connectivity index (χ1) is 15.6. The molecule has 1 saturated carbocycles. The van der Waals surface area contributed by atoms with Gasteiger partial charge in [0.05, 0.1) is 17.5 Å². The lowest BCUT2D eigenvalue weighted by atomic mass is 9.96. The number of nitrogens with one attached hydrogen (secondary N) is 4. The normalized spacial score (nSPS) is 26.1. The molecule has 2 fully saturated rings. The molecular formula is C23H36N4O5S. The maximum atomic E-state index is 12.6. The van der Waals surface area contributed by atoms with E-state index < -0.39 is 9.84 Å². The Morgan fingerprint density at radius 2 is 1.97 bits per heavy atom. The van der Waals surface area contributed by atoms with Crippen molar-refractivity contribution in [2.75, 3.05) is 6.26 Å². The molecule has 4 N–H and O–H groups in total. The Kier molecular flexibility index (Phi) is 8.36. The molecule has 2 unspecified atom stereocenters. The third-order valence-electron chi connectivity index (χ3n) is 6.53. The minimum atomic E-state index is -3.43. The highest BCUT2D eigenvalue weighted by molar-refractivity contribution is 7.90. The summed E-state index contributed by atoms with van der Waals surface area (Å²) in [5.41, 5.74) is 7.53. The van der Waals surface area contributed by atoms with Crippen molar-refractivity contribution in [1.82, 2.24) is 21.5 Å². The second kappa shape index (κ2) is 10.8. The van der Waals surface area contributed by atoms with Gasteiger partial charge in [0, 0.05) is 18.3 Å². The average Bonchev–Trinajstić information content (AvgIpc) is 3.36. The monoisotopic (exact) mass is 480 g/mol. The van der Waals surface area contributed by atoms with Gasteiger partial charge in [-0.15, -0.1) is 0 Å². The van der Waals surface area contributed by atoms with Gasteiger partial charge in [-0.3, -0.25) is 10.2 Å². The van der Waals surface area contributed by atoms with E-state index in [2.05, 4.69) is 21.5 Å². The molecule has 0 bridgehead atoms. The van der Waals surface area contributed by atoms with Gasteiger partial charge in [0.15, 0.2) is 9.84 Å². The van der Waals surface area contributed by atoms with Crippen LogP contribution in [0.1, 0.15) is 57.1 Å². The van der Waals surface area contributed by atoms with E-state index in [4.69, 9.17) is 4.74 Å². The summed E-state index contributed by atoms with van der Waals surface area (Å²) in [5.74, 6) is 0.106. The first kappa shape index (κ1) is 25.5. The molecule has 0 aromatic heterocycles. The highest BCUT2D eigenvalue weighted by atomic mass is 32.2. The number of sulfone groups is 1. The van der Waals surface area contributed by atoms with Crippen LogP contribution >= 0.6 is 0 Å². The fourth-order valence-electron chi connectivity index (χ4n) is 4.72. The molecule has 3 rings (SSSR count). The SMILES string of the molecule is CC[C@H](C)NC(=O)O[C@@H]1CC[C@H](C2CC(NC(=O)Cc3cccc(C)c3S(C)(=O)=O)NN2)C1. The number of carbonyl (C=O) groups is 2. The molecule has 2 amide bonds. The van der Waals surface area contributed by atoms with Crippen molar-refractivity contribution in [3.8, 4) is 0 Å². The minimum absolute atomic E-state index is 0.00241. The first-order valence-corrected chi connectivity index (χ1v) is 13.5. The van der Waals surface area contributed by atoms with Gasteiger partial charge in [0.25, 0.3) is 0 Å². The van der Waals surface area contributed by atoms with Crippen molar-refractivity contribution in [3.05, 3.63) is 29.3 Å². The van der Waals surface area contributed by atoms with Gasteiger partial charge in [0.1, 0.15) is 6.10 Å². The molecule has 1 aliphatic heterocycles. The van der Waals surface area contributed by atoms with Crippen molar-refractivity contribution in [1.29, 1.82) is 0 Å². The van der Waals surface area contributed by atoms with Crippen LogP contribution in [0.3, 0.4) is 0 Å². The molecule has 1 heterocycles. The third-order valence-corrected chi connectivity index (χ3v) is 7.85. The van der Waals surface area contributed by atoms with Crippen LogP contribution < -0.4 is 21.5 Å². The summed E-state index contributed by atoms with van der Waals surface area (Å²) in [6, 6.07) is 5.43. The van der Waals surface area contributed by atoms with Crippen LogP contribution in [0.25, 0.3) is 0 Å². The Labute approximate surface area is 196 Å². The van der Waals surface area contributed by atoms with Crippen LogP contribution in [-0.2, 0) is 25.8 Å². The predicted octanol–water partition coefficient (Wildman–Crippen LogP) is 1.94. The van der Waals surface area contributed by atoms with E-state index in [1.54, 1.807) is 25.1 Å². The van der Waals surface area contributed by atoms with Gasteiger partial charge in [-0.2, -0.15) is 0 Å². The van der Waals surface area contributed by atoms with Gasteiger partial charge in [-0.25, -0.2) is 18.6 Å². The number of carbonyl (C=O) groups excluding carboxylic acids is 2. The molecule has 5 atom stereocenters. The number of hydrazine groups is 1. The van der Waals surface area contributed by atoms with E-state index >= 15 is 0 Å². The summed E-state index contributed by atoms with van der Waals surface area (Å²) in [6.07, 6.45) is 4.58. The Morgan fingerprint density at radius 3 is 2.67 bits per heavy atom. The second-order valence-electron chi connectivity index (χ2n) is 9.32. The molecule has 33 heavy (non-hydrogen) atoms. The Balaban J connectivity index is 1.48. The molecule has 2 aliphatic rings. The lowest BCUT2D eigenvalue weighted by Crippen LogP contribution is -2.45. The Morgan fingerprint density at radius 1 is 1.21 bits per heavy atom. The molecule has 0 radical (unpaired) electrons. The molecule has 10 heteroatoms.